The molecule has 162 valence electrons. The van der Waals surface area contributed by atoms with Crippen LogP contribution in [-0.2, 0) is 27.4 Å². The number of rotatable bonds is 7. The third-order valence-corrected chi connectivity index (χ3v) is 5.67. The topological polar surface area (TPSA) is 79.0 Å². The van der Waals surface area contributed by atoms with E-state index in [2.05, 4.69) is 22.3 Å². The Morgan fingerprint density at radius 2 is 1.61 bits per heavy atom. The Labute approximate surface area is 182 Å². The number of nitrogens with zero attached hydrogens (tertiary/aromatic N) is 2. The molecule has 2 aromatic carbocycles. The zero-order chi connectivity index (χ0) is 21.6. The summed E-state index contributed by atoms with van der Waals surface area (Å²) in [7, 11) is 0. The summed E-state index contributed by atoms with van der Waals surface area (Å²) in [6.45, 7) is 3.87. The second-order valence-electron chi connectivity index (χ2n) is 7.99. The normalized spacial score (nSPS) is 19.6. The van der Waals surface area contributed by atoms with E-state index in [0.29, 0.717) is 18.7 Å². The number of ether oxygens (including phenoxy) is 1. The van der Waals surface area contributed by atoms with Crippen molar-refractivity contribution in [3.8, 4) is 0 Å². The van der Waals surface area contributed by atoms with Gasteiger partial charge in [-0.05, 0) is 23.3 Å². The number of carbonyl (C=O) groups excluding carboxylic acids is 3. The highest BCUT2D eigenvalue weighted by Gasteiger charge is 2.28. The van der Waals surface area contributed by atoms with Crippen molar-refractivity contribution in [1.82, 2.24) is 15.1 Å². The lowest BCUT2D eigenvalue weighted by molar-refractivity contribution is -0.139. The molecule has 0 radical (unpaired) electrons. The molecule has 3 amide bonds. The Morgan fingerprint density at radius 1 is 0.935 bits per heavy atom. The van der Waals surface area contributed by atoms with Gasteiger partial charge in [-0.1, -0.05) is 42.5 Å². The minimum absolute atomic E-state index is 0.0483. The van der Waals surface area contributed by atoms with E-state index in [1.165, 1.54) is 10.5 Å². The lowest BCUT2D eigenvalue weighted by Gasteiger charge is -2.33. The molecule has 0 spiro atoms. The SMILES string of the molecule is O=C(NCC1CN(Cc2ccccc2)CCO1)c1ccc(CN2C(=O)CCC2=O)cc1. The molecule has 1 N–H and O–H groups in total. The minimum Gasteiger partial charge on any atom is -0.374 e. The van der Waals surface area contributed by atoms with Crippen LogP contribution in [0, 0.1) is 0 Å². The van der Waals surface area contributed by atoms with E-state index in [-0.39, 0.29) is 43.2 Å². The zero-order valence-electron chi connectivity index (χ0n) is 17.5. The molecule has 2 aliphatic heterocycles. The van der Waals surface area contributed by atoms with E-state index in [1.807, 2.05) is 18.2 Å². The van der Waals surface area contributed by atoms with Crippen LogP contribution in [0.5, 0.6) is 0 Å². The van der Waals surface area contributed by atoms with Crippen LogP contribution in [0.2, 0.25) is 0 Å². The second-order valence-corrected chi connectivity index (χ2v) is 7.99. The van der Waals surface area contributed by atoms with Gasteiger partial charge in [-0.2, -0.15) is 0 Å². The lowest BCUT2D eigenvalue weighted by atomic mass is 10.1. The molecule has 2 fully saturated rings. The first kappa shape index (κ1) is 21.2. The number of hydrogen-bond donors (Lipinski definition) is 1. The molecule has 0 aliphatic carbocycles. The number of imide groups is 1. The van der Waals surface area contributed by atoms with Gasteiger partial charge in [0.1, 0.15) is 0 Å². The van der Waals surface area contributed by atoms with E-state index in [9.17, 15) is 14.4 Å². The van der Waals surface area contributed by atoms with Crippen molar-refractivity contribution in [2.75, 3.05) is 26.2 Å². The van der Waals surface area contributed by atoms with Gasteiger partial charge in [0.2, 0.25) is 11.8 Å². The van der Waals surface area contributed by atoms with E-state index < -0.39 is 0 Å². The van der Waals surface area contributed by atoms with Crippen molar-refractivity contribution in [2.24, 2.45) is 0 Å². The first-order chi connectivity index (χ1) is 15.1. The van der Waals surface area contributed by atoms with Crippen molar-refractivity contribution in [1.29, 1.82) is 0 Å². The minimum atomic E-state index is -0.163. The number of likely N-dealkylation sites (tertiary alicyclic amines) is 1. The van der Waals surface area contributed by atoms with Crippen LogP contribution in [0.15, 0.2) is 54.6 Å². The second kappa shape index (κ2) is 9.85. The summed E-state index contributed by atoms with van der Waals surface area (Å²) in [6, 6.07) is 17.3. The average molecular weight is 421 g/mol. The maximum absolute atomic E-state index is 12.5. The number of nitrogens with one attached hydrogen (secondary N) is 1. The fraction of sp³-hybridized carbons (Fsp3) is 0.375. The van der Waals surface area contributed by atoms with Gasteiger partial charge in [0, 0.05) is 44.6 Å². The van der Waals surface area contributed by atoms with Crippen LogP contribution >= 0.6 is 0 Å². The third kappa shape index (κ3) is 5.57. The van der Waals surface area contributed by atoms with Crippen LogP contribution in [0.3, 0.4) is 0 Å². The summed E-state index contributed by atoms with van der Waals surface area (Å²) in [5.41, 5.74) is 2.64. The predicted octanol–water partition coefficient (Wildman–Crippen LogP) is 1.97. The molecule has 0 bridgehead atoms. The largest absolute Gasteiger partial charge is 0.374 e. The number of benzene rings is 2. The van der Waals surface area contributed by atoms with Gasteiger partial charge in [-0.25, -0.2) is 0 Å². The molecule has 0 saturated carbocycles. The Bertz CT molecular complexity index is 914. The monoisotopic (exact) mass is 421 g/mol. The summed E-state index contributed by atoms with van der Waals surface area (Å²) in [5.74, 6) is -0.440. The number of morpholine rings is 1. The van der Waals surface area contributed by atoms with Crippen molar-refractivity contribution < 1.29 is 19.1 Å². The van der Waals surface area contributed by atoms with Gasteiger partial charge in [-0.3, -0.25) is 24.2 Å². The molecule has 2 aromatic rings. The maximum Gasteiger partial charge on any atom is 0.251 e. The van der Waals surface area contributed by atoms with Crippen LogP contribution in [-0.4, -0.2) is 59.9 Å². The van der Waals surface area contributed by atoms with Gasteiger partial charge >= 0.3 is 0 Å². The molecule has 4 rings (SSSR count). The van der Waals surface area contributed by atoms with Crippen LogP contribution in [0.4, 0.5) is 0 Å². The summed E-state index contributed by atoms with van der Waals surface area (Å²) >= 11 is 0. The van der Waals surface area contributed by atoms with Gasteiger partial charge < -0.3 is 10.1 Å². The van der Waals surface area contributed by atoms with Gasteiger partial charge in [0.15, 0.2) is 0 Å². The molecule has 2 saturated heterocycles. The number of carbonyl (C=O) groups is 3. The summed E-state index contributed by atoms with van der Waals surface area (Å²) in [5, 5.41) is 2.95. The lowest BCUT2D eigenvalue weighted by Crippen LogP contribution is -2.47. The van der Waals surface area contributed by atoms with E-state index >= 15 is 0 Å². The first-order valence-electron chi connectivity index (χ1n) is 10.7. The molecule has 1 atom stereocenters. The zero-order valence-corrected chi connectivity index (χ0v) is 17.5. The molecule has 31 heavy (non-hydrogen) atoms. The Morgan fingerprint density at radius 3 is 2.32 bits per heavy atom. The highest BCUT2D eigenvalue weighted by atomic mass is 16.5. The van der Waals surface area contributed by atoms with Crippen LogP contribution in [0.1, 0.15) is 34.3 Å². The molecule has 2 aliphatic rings. The highest BCUT2D eigenvalue weighted by Crippen LogP contribution is 2.16. The molecular formula is C24H27N3O4. The first-order valence-corrected chi connectivity index (χ1v) is 10.7. The summed E-state index contributed by atoms with van der Waals surface area (Å²) in [6.07, 6.45) is 0.518. The van der Waals surface area contributed by atoms with Crippen LogP contribution in [0.25, 0.3) is 0 Å². The van der Waals surface area contributed by atoms with Gasteiger partial charge in [-0.15, -0.1) is 0 Å². The van der Waals surface area contributed by atoms with Crippen LogP contribution < -0.4 is 5.32 Å². The quantitative estimate of drug-likeness (QED) is 0.692. The summed E-state index contributed by atoms with van der Waals surface area (Å²) in [4.78, 5) is 39.6. The molecule has 1 unspecified atom stereocenters. The fourth-order valence-electron chi connectivity index (χ4n) is 3.94. The Balaban J connectivity index is 1.25. The highest BCUT2D eigenvalue weighted by molar-refractivity contribution is 6.01. The fourth-order valence-corrected chi connectivity index (χ4v) is 3.94. The van der Waals surface area contributed by atoms with Crippen molar-refractivity contribution in [2.45, 2.75) is 32.0 Å². The molecule has 0 aromatic heterocycles. The van der Waals surface area contributed by atoms with E-state index in [4.69, 9.17) is 4.74 Å². The standard InChI is InChI=1S/C24H27N3O4/c28-22-10-11-23(29)27(22)16-19-6-8-20(9-7-19)24(30)25-14-21-17-26(12-13-31-21)15-18-4-2-1-3-5-18/h1-9,21H,10-17H2,(H,25,30). The Hall–Kier alpha value is -3.03. The maximum atomic E-state index is 12.5. The number of amides is 3. The molecule has 2 heterocycles. The van der Waals surface area contributed by atoms with Crippen molar-refractivity contribution in [3.05, 3.63) is 71.3 Å². The smallest absolute Gasteiger partial charge is 0.251 e. The predicted molar refractivity (Wildman–Crippen MR) is 115 cm³/mol. The van der Waals surface area contributed by atoms with Gasteiger partial charge in [0.25, 0.3) is 5.91 Å². The molecule has 7 nitrogen and oxygen atoms in total. The van der Waals surface area contributed by atoms with E-state index in [0.717, 1.165) is 25.2 Å². The van der Waals surface area contributed by atoms with Crippen molar-refractivity contribution >= 4 is 17.7 Å². The molecule has 7 heteroatoms. The molecular weight excluding hydrogens is 394 g/mol. The van der Waals surface area contributed by atoms with Crippen molar-refractivity contribution in [3.63, 3.8) is 0 Å². The number of hydrogen-bond acceptors (Lipinski definition) is 5. The van der Waals surface area contributed by atoms with Gasteiger partial charge in [0.05, 0.1) is 19.3 Å². The van der Waals surface area contributed by atoms with E-state index in [1.54, 1.807) is 24.3 Å². The third-order valence-electron chi connectivity index (χ3n) is 5.67. The Kier molecular flexibility index (Phi) is 6.74. The average Bonchev–Trinajstić information content (AvgIpc) is 3.11. The summed E-state index contributed by atoms with van der Waals surface area (Å²) < 4.78 is 5.82.